The lowest BCUT2D eigenvalue weighted by Gasteiger charge is -2.21. The molecule has 2 aliphatic heterocycles. The summed E-state index contributed by atoms with van der Waals surface area (Å²) in [6.07, 6.45) is 2.27. The van der Waals surface area contributed by atoms with Crippen LogP contribution in [0.4, 0.5) is 0 Å². The number of nitrogens with zero attached hydrogens (tertiary/aromatic N) is 1. The molecule has 2 rings (SSSR count). The fourth-order valence-electron chi connectivity index (χ4n) is 2.07. The molecule has 0 N–H and O–H groups in total. The summed E-state index contributed by atoms with van der Waals surface area (Å²) in [5.74, 6) is -0.213. The third-order valence-electron chi connectivity index (χ3n) is 2.63. The van der Waals surface area contributed by atoms with Gasteiger partial charge in [0.05, 0.1) is 19.8 Å². The Kier molecular flexibility index (Phi) is 2.35. The Morgan fingerprint density at radius 2 is 2.08 bits per heavy atom. The summed E-state index contributed by atoms with van der Waals surface area (Å²) in [7, 11) is 0. The minimum atomic E-state index is -0.213. The SMILES string of the molecule is CCCN1CCC2(C1)OCCO2. The Morgan fingerprint density at radius 1 is 1.33 bits per heavy atom. The van der Waals surface area contributed by atoms with Gasteiger partial charge in [0.15, 0.2) is 5.79 Å². The van der Waals surface area contributed by atoms with E-state index in [2.05, 4.69) is 11.8 Å². The quantitative estimate of drug-likeness (QED) is 0.614. The molecule has 2 aliphatic rings. The molecule has 0 unspecified atom stereocenters. The van der Waals surface area contributed by atoms with E-state index in [1.165, 1.54) is 13.0 Å². The van der Waals surface area contributed by atoms with Crippen LogP contribution in [0.5, 0.6) is 0 Å². The van der Waals surface area contributed by atoms with Crippen molar-refractivity contribution in [2.45, 2.75) is 25.6 Å². The summed E-state index contributed by atoms with van der Waals surface area (Å²) < 4.78 is 11.2. The first-order valence-corrected chi connectivity index (χ1v) is 4.85. The Labute approximate surface area is 73.6 Å². The molecule has 2 saturated heterocycles. The highest BCUT2D eigenvalue weighted by Gasteiger charge is 2.42. The third kappa shape index (κ3) is 1.49. The second-order valence-electron chi connectivity index (χ2n) is 3.63. The van der Waals surface area contributed by atoms with E-state index < -0.39 is 0 Å². The van der Waals surface area contributed by atoms with Gasteiger partial charge in [-0.3, -0.25) is 4.90 Å². The van der Waals surface area contributed by atoms with Crippen LogP contribution in [0.25, 0.3) is 0 Å². The van der Waals surface area contributed by atoms with Crippen LogP contribution in [0.2, 0.25) is 0 Å². The van der Waals surface area contributed by atoms with Gasteiger partial charge in [-0.05, 0) is 13.0 Å². The van der Waals surface area contributed by atoms with Crippen molar-refractivity contribution in [3.63, 3.8) is 0 Å². The maximum atomic E-state index is 5.61. The van der Waals surface area contributed by atoms with E-state index in [0.717, 1.165) is 32.7 Å². The molecule has 0 aliphatic carbocycles. The second kappa shape index (κ2) is 3.32. The maximum absolute atomic E-state index is 5.61. The van der Waals surface area contributed by atoms with Gasteiger partial charge in [0.25, 0.3) is 0 Å². The molecular weight excluding hydrogens is 154 g/mol. The zero-order chi connectivity index (χ0) is 8.44. The number of likely N-dealkylation sites (tertiary alicyclic amines) is 1. The molecule has 2 heterocycles. The molecule has 0 aromatic rings. The molecule has 3 nitrogen and oxygen atoms in total. The van der Waals surface area contributed by atoms with Crippen LogP contribution in [0, 0.1) is 0 Å². The summed E-state index contributed by atoms with van der Waals surface area (Å²) in [6.45, 7) is 7.05. The predicted octanol–water partition coefficient (Wildman–Crippen LogP) is 0.845. The highest BCUT2D eigenvalue weighted by molar-refractivity contribution is 4.86. The highest BCUT2D eigenvalue weighted by Crippen LogP contribution is 2.30. The summed E-state index contributed by atoms with van der Waals surface area (Å²) in [6, 6.07) is 0. The van der Waals surface area contributed by atoms with Gasteiger partial charge in [-0.15, -0.1) is 0 Å². The molecule has 0 aromatic heterocycles. The number of hydrogen-bond donors (Lipinski definition) is 0. The van der Waals surface area contributed by atoms with Gasteiger partial charge in [0.2, 0.25) is 0 Å². The van der Waals surface area contributed by atoms with E-state index in [1.54, 1.807) is 0 Å². The molecule has 0 atom stereocenters. The molecule has 3 heteroatoms. The molecule has 12 heavy (non-hydrogen) atoms. The highest BCUT2D eigenvalue weighted by atomic mass is 16.7. The van der Waals surface area contributed by atoms with Crippen molar-refractivity contribution in [3.05, 3.63) is 0 Å². The van der Waals surface area contributed by atoms with Gasteiger partial charge in [0, 0.05) is 13.0 Å². The van der Waals surface area contributed by atoms with Crippen LogP contribution in [-0.2, 0) is 9.47 Å². The van der Waals surface area contributed by atoms with E-state index in [1.807, 2.05) is 0 Å². The zero-order valence-electron chi connectivity index (χ0n) is 7.71. The van der Waals surface area contributed by atoms with Crippen LogP contribution < -0.4 is 0 Å². The normalized spacial score (nSPS) is 28.8. The van der Waals surface area contributed by atoms with Crippen LogP contribution in [0.3, 0.4) is 0 Å². The standard InChI is InChI=1S/C9H17NO2/c1-2-4-10-5-3-9(8-10)11-6-7-12-9/h2-8H2,1H3. The predicted molar refractivity (Wildman–Crippen MR) is 46.0 cm³/mol. The van der Waals surface area contributed by atoms with E-state index in [9.17, 15) is 0 Å². The fraction of sp³-hybridized carbons (Fsp3) is 1.00. The van der Waals surface area contributed by atoms with Crippen molar-refractivity contribution in [3.8, 4) is 0 Å². The molecule has 70 valence electrons. The minimum absolute atomic E-state index is 0.213. The van der Waals surface area contributed by atoms with Gasteiger partial charge in [-0.1, -0.05) is 6.92 Å². The zero-order valence-corrected chi connectivity index (χ0v) is 7.71. The van der Waals surface area contributed by atoms with E-state index in [0.29, 0.717) is 0 Å². The Hall–Kier alpha value is -0.120. The lowest BCUT2D eigenvalue weighted by atomic mass is 10.2. The van der Waals surface area contributed by atoms with Crippen LogP contribution >= 0.6 is 0 Å². The number of rotatable bonds is 2. The number of ether oxygens (including phenoxy) is 2. The van der Waals surface area contributed by atoms with Crippen molar-refractivity contribution >= 4 is 0 Å². The number of hydrogen-bond acceptors (Lipinski definition) is 3. The van der Waals surface area contributed by atoms with Gasteiger partial charge in [-0.2, -0.15) is 0 Å². The molecule has 0 saturated carbocycles. The first kappa shape index (κ1) is 8.48. The van der Waals surface area contributed by atoms with Crippen LogP contribution in [0.1, 0.15) is 19.8 Å². The van der Waals surface area contributed by atoms with Gasteiger partial charge in [0.1, 0.15) is 0 Å². The van der Waals surface area contributed by atoms with Crippen LogP contribution in [-0.4, -0.2) is 43.5 Å². The molecule has 0 bridgehead atoms. The molecule has 0 amide bonds. The fourth-order valence-corrected chi connectivity index (χ4v) is 2.07. The molecule has 0 aromatic carbocycles. The van der Waals surface area contributed by atoms with Crippen molar-refractivity contribution in [2.75, 3.05) is 32.8 Å². The van der Waals surface area contributed by atoms with Gasteiger partial charge < -0.3 is 9.47 Å². The second-order valence-corrected chi connectivity index (χ2v) is 3.63. The van der Waals surface area contributed by atoms with Crippen LogP contribution in [0.15, 0.2) is 0 Å². The lowest BCUT2D eigenvalue weighted by molar-refractivity contribution is -0.145. The maximum Gasteiger partial charge on any atom is 0.182 e. The molecule has 0 radical (unpaired) electrons. The largest absolute Gasteiger partial charge is 0.346 e. The average Bonchev–Trinajstić information content (AvgIpc) is 2.65. The summed E-state index contributed by atoms with van der Waals surface area (Å²) in [4.78, 5) is 2.42. The Bertz CT molecular complexity index is 155. The third-order valence-corrected chi connectivity index (χ3v) is 2.63. The molecule has 1 spiro atoms. The Balaban J connectivity index is 1.88. The molecular formula is C9H17NO2. The monoisotopic (exact) mass is 171 g/mol. The van der Waals surface area contributed by atoms with Crippen molar-refractivity contribution in [1.82, 2.24) is 4.90 Å². The van der Waals surface area contributed by atoms with E-state index in [-0.39, 0.29) is 5.79 Å². The summed E-state index contributed by atoms with van der Waals surface area (Å²) in [5, 5.41) is 0. The van der Waals surface area contributed by atoms with Crippen molar-refractivity contribution in [1.29, 1.82) is 0 Å². The Morgan fingerprint density at radius 3 is 2.75 bits per heavy atom. The first-order chi connectivity index (χ1) is 5.85. The lowest BCUT2D eigenvalue weighted by Crippen LogP contribution is -2.34. The van der Waals surface area contributed by atoms with Gasteiger partial charge >= 0.3 is 0 Å². The van der Waals surface area contributed by atoms with Crippen molar-refractivity contribution < 1.29 is 9.47 Å². The summed E-state index contributed by atoms with van der Waals surface area (Å²) >= 11 is 0. The first-order valence-electron chi connectivity index (χ1n) is 4.85. The summed E-state index contributed by atoms with van der Waals surface area (Å²) in [5.41, 5.74) is 0. The van der Waals surface area contributed by atoms with Gasteiger partial charge in [-0.25, -0.2) is 0 Å². The topological polar surface area (TPSA) is 21.7 Å². The smallest absolute Gasteiger partial charge is 0.182 e. The molecule has 2 fully saturated rings. The minimum Gasteiger partial charge on any atom is -0.346 e. The van der Waals surface area contributed by atoms with E-state index >= 15 is 0 Å². The average molecular weight is 171 g/mol. The van der Waals surface area contributed by atoms with E-state index in [4.69, 9.17) is 9.47 Å². The van der Waals surface area contributed by atoms with Crippen molar-refractivity contribution in [2.24, 2.45) is 0 Å².